The lowest BCUT2D eigenvalue weighted by Crippen LogP contribution is -2.15. The molecule has 2 aromatic rings. The molecule has 0 heterocycles. The van der Waals surface area contributed by atoms with Gasteiger partial charge in [0.25, 0.3) is 5.91 Å². The number of aromatic carboxylic acids is 1. The van der Waals surface area contributed by atoms with E-state index in [1.54, 1.807) is 6.92 Å². The first-order chi connectivity index (χ1) is 9.90. The molecule has 0 saturated heterocycles. The number of phenolic OH excluding ortho intramolecular Hbond substituents is 1. The van der Waals surface area contributed by atoms with Crippen LogP contribution in [0.3, 0.4) is 0 Å². The Morgan fingerprint density at radius 1 is 1.19 bits per heavy atom. The van der Waals surface area contributed by atoms with Crippen LogP contribution in [0.25, 0.3) is 0 Å². The van der Waals surface area contributed by atoms with Crippen molar-refractivity contribution >= 4 is 17.6 Å². The van der Waals surface area contributed by atoms with Crippen LogP contribution in [-0.2, 0) is 0 Å². The summed E-state index contributed by atoms with van der Waals surface area (Å²) < 4.78 is 13.5. The third-order valence-corrected chi connectivity index (χ3v) is 2.93. The molecule has 5 nitrogen and oxygen atoms in total. The van der Waals surface area contributed by atoms with Gasteiger partial charge in [0.1, 0.15) is 17.1 Å². The van der Waals surface area contributed by atoms with Crippen LogP contribution in [0.15, 0.2) is 36.4 Å². The number of halogens is 1. The highest BCUT2D eigenvalue weighted by atomic mass is 19.1. The number of amides is 1. The number of benzene rings is 2. The first-order valence-corrected chi connectivity index (χ1v) is 6.03. The summed E-state index contributed by atoms with van der Waals surface area (Å²) in [6, 6.07) is 7.80. The molecule has 0 bridgehead atoms. The Labute approximate surface area is 119 Å². The summed E-state index contributed by atoms with van der Waals surface area (Å²) in [5, 5.41) is 20.7. The Bertz CT molecular complexity index is 728. The first-order valence-electron chi connectivity index (χ1n) is 6.03. The summed E-state index contributed by atoms with van der Waals surface area (Å²) in [4.78, 5) is 23.1. The van der Waals surface area contributed by atoms with Gasteiger partial charge in [0.15, 0.2) is 0 Å². The predicted octanol–water partition coefficient (Wildman–Crippen LogP) is 2.79. The molecular formula is C15H12FNO4. The van der Waals surface area contributed by atoms with Crippen LogP contribution in [0.1, 0.15) is 26.3 Å². The van der Waals surface area contributed by atoms with Gasteiger partial charge in [-0.25, -0.2) is 9.18 Å². The van der Waals surface area contributed by atoms with E-state index in [-0.39, 0.29) is 17.0 Å². The van der Waals surface area contributed by atoms with E-state index in [2.05, 4.69) is 5.32 Å². The molecule has 0 aliphatic rings. The van der Waals surface area contributed by atoms with Crippen LogP contribution >= 0.6 is 0 Å². The number of hydrogen-bond donors (Lipinski definition) is 3. The van der Waals surface area contributed by atoms with Crippen molar-refractivity contribution in [3.8, 4) is 5.75 Å². The Morgan fingerprint density at radius 2 is 1.90 bits per heavy atom. The van der Waals surface area contributed by atoms with E-state index in [1.165, 1.54) is 30.3 Å². The van der Waals surface area contributed by atoms with Gasteiger partial charge >= 0.3 is 5.97 Å². The molecule has 2 rings (SSSR count). The number of rotatable bonds is 3. The van der Waals surface area contributed by atoms with Crippen molar-refractivity contribution in [2.75, 3.05) is 5.32 Å². The van der Waals surface area contributed by atoms with Crippen molar-refractivity contribution in [1.29, 1.82) is 0 Å². The van der Waals surface area contributed by atoms with Crippen molar-refractivity contribution in [3.05, 3.63) is 58.9 Å². The van der Waals surface area contributed by atoms with E-state index >= 15 is 0 Å². The van der Waals surface area contributed by atoms with Crippen molar-refractivity contribution in [2.45, 2.75) is 6.92 Å². The summed E-state index contributed by atoms with van der Waals surface area (Å²) in [7, 11) is 0. The smallest absolute Gasteiger partial charge is 0.340 e. The monoisotopic (exact) mass is 289 g/mol. The van der Waals surface area contributed by atoms with Gasteiger partial charge in [0.05, 0.1) is 5.69 Å². The molecule has 0 aliphatic carbocycles. The Hall–Kier alpha value is -2.89. The van der Waals surface area contributed by atoms with Gasteiger partial charge in [-0.05, 0) is 42.8 Å². The second kappa shape index (κ2) is 5.62. The molecule has 108 valence electrons. The highest BCUT2D eigenvalue weighted by Crippen LogP contribution is 2.21. The molecule has 0 saturated carbocycles. The highest BCUT2D eigenvalue weighted by molar-refractivity contribution is 6.07. The molecule has 0 fully saturated rings. The summed E-state index contributed by atoms with van der Waals surface area (Å²) >= 11 is 0. The molecule has 3 N–H and O–H groups in total. The lowest BCUT2D eigenvalue weighted by molar-refractivity contribution is 0.0693. The van der Waals surface area contributed by atoms with E-state index in [0.717, 1.165) is 6.07 Å². The highest BCUT2D eigenvalue weighted by Gasteiger charge is 2.18. The maximum atomic E-state index is 13.5. The number of nitrogens with one attached hydrogen (secondary N) is 1. The van der Waals surface area contributed by atoms with E-state index in [1.807, 2.05) is 0 Å². The van der Waals surface area contributed by atoms with Crippen molar-refractivity contribution in [3.63, 3.8) is 0 Å². The van der Waals surface area contributed by atoms with E-state index < -0.39 is 23.3 Å². The third-order valence-electron chi connectivity index (χ3n) is 2.93. The van der Waals surface area contributed by atoms with Crippen LogP contribution in [0.2, 0.25) is 0 Å². The van der Waals surface area contributed by atoms with Crippen LogP contribution in [-0.4, -0.2) is 22.1 Å². The normalized spacial score (nSPS) is 10.2. The number of carboxylic acid groups (broad SMARTS) is 1. The van der Waals surface area contributed by atoms with E-state index in [0.29, 0.717) is 5.56 Å². The fourth-order valence-corrected chi connectivity index (χ4v) is 1.84. The standard InChI is InChI=1S/C15H12FNO4/c1-8-7-9(5-6-12(8)18)14(19)17-11-4-2-3-10(16)13(11)15(20)21/h2-7,18H,1H3,(H,17,19)(H,20,21). The Balaban J connectivity index is 2.34. The Kier molecular flexibility index (Phi) is 3.89. The fourth-order valence-electron chi connectivity index (χ4n) is 1.84. The quantitative estimate of drug-likeness (QED) is 0.811. The molecular weight excluding hydrogens is 277 g/mol. The minimum atomic E-state index is -1.47. The third kappa shape index (κ3) is 3.00. The number of carbonyl (C=O) groups excluding carboxylic acids is 1. The SMILES string of the molecule is Cc1cc(C(=O)Nc2cccc(F)c2C(=O)O)ccc1O. The van der Waals surface area contributed by atoms with E-state index in [9.17, 15) is 19.1 Å². The fraction of sp³-hybridized carbons (Fsp3) is 0.0667. The maximum absolute atomic E-state index is 13.5. The zero-order chi connectivity index (χ0) is 15.6. The van der Waals surface area contributed by atoms with Gasteiger partial charge in [0, 0.05) is 5.56 Å². The van der Waals surface area contributed by atoms with Gasteiger partial charge in [0.2, 0.25) is 0 Å². The van der Waals surface area contributed by atoms with Crippen molar-refractivity contribution in [1.82, 2.24) is 0 Å². The minimum absolute atomic E-state index is 0.0449. The molecule has 21 heavy (non-hydrogen) atoms. The summed E-state index contributed by atoms with van der Waals surface area (Å²) in [5.41, 5.74) is 0.00540. The summed E-state index contributed by atoms with van der Waals surface area (Å²) in [5.74, 6) is -2.94. The average molecular weight is 289 g/mol. The topological polar surface area (TPSA) is 86.6 Å². The van der Waals surface area contributed by atoms with Gasteiger partial charge in [-0.3, -0.25) is 4.79 Å². The Morgan fingerprint density at radius 3 is 2.52 bits per heavy atom. The lowest BCUT2D eigenvalue weighted by atomic mass is 10.1. The molecule has 0 aliphatic heterocycles. The molecule has 2 aromatic carbocycles. The van der Waals surface area contributed by atoms with Gasteiger partial charge in [-0.1, -0.05) is 6.07 Å². The average Bonchev–Trinajstić information content (AvgIpc) is 2.41. The molecule has 0 radical (unpaired) electrons. The number of anilines is 1. The molecule has 6 heteroatoms. The molecule has 1 amide bonds. The van der Waals surface area contributed by atoms with Crippen molar-refractivity contribution in [2.24, 2.45) is 0 Å². The predicted molar refractivity (Wildman–Crippen MR) is 74.2 cm³/mol. The molecule has 0 unspecified atom stereocenters. The van der Waals surface area contributed by atoms with Gasteiger partial charge < -0.3 is 15.5 Å². The zero-order valence-electron chi connectivity index (χ0n) is 11.1. The van der Waals surface area contributed by atoms with Crippen molar-refractivity contribution < 1.29 is 24.2 Å². The summed E-state index contributed by atoms with van der Waals surface area (Å²) in [6.45, 7) is 1.62. The second-order valence-corrected chi connectivity index (χ2v) is 4.42. The van der Waals surface area contributed by atoms with Gasteiger partial charge in [-0.15, -0.1) is 0 Å². The second-order valence-electron chi connectivity index (χ2n) is 4.42. The van der Waals surface area contributed by atoms with Crippen LogP contribution < -0.4 is 5.32 Å². The number of aryl methyl sites for hydroxylation is 1. The lowest BCUT2D eigenvalue weighted by Gasteiger charge is -2.10. The largest absolute Gasteiger partial charge is 0.508 e. The van der Waals surface area contributed by atoms with Crippen LogP contribution in [0.5, 0.6) is 5.75 Å². The maximum Gasteiger partial charge on any atom is 0.340 e. The molecule has 0 aromatic heterocycles. The summed E-state index contributed by atoms with van der Waals surface area (Å²) in [6.07, 6.45) is 0. The van der Waals surface area contributed by atoms with Gasteiger partial charge in [-0.2, -0.15) is 0 Å². The van der Waals surface area contributed by atoms with Crippen LogP contribution in [0.4, 0.5) is 10.1 Å². The van der Waals surface area contributed by atoms with Crippen LogP contribution in [0, 0.1) is 12.7 Å². The number of phenols is 1. The minimum Gasteiger partial charge on any atom is -0.508 e. The van der Waals surface area contributed by atoms with E-state index in [4.69, 9.17) is 5.11 Å². The molecule has 0 atom stereocenters. The number of aromatic hydroxyl groups is 1. The zero-order valence-corrected chi connectivity index (χ0v) is 11.1. The molecule has 0 spiro atoms. The number of carbonyl (C=O) groups is 2. The first kappa shape index (κ1) is 14.5. The number of hydrogen-bond acceptors (Lipinski definition) is 3. The number of carboxylic acids is 1.